The van der Waals surface area contributed by atoms with Gasteiger partial charge in [-0.15, -0.1) is 0 Å². The van der Waals surface area contributed by atoms with Crippen LogP contribution in [0.2, 0.25) is 0 Å². The van der Waals surface area contributed by atoms with E-state index in [1.807, 2.05) is 6.92 Å². The Morgan fingerprint density at radius 3 is 2.17 bits per heavy atom. The number of hydrazone groups is 1. The Morgan fingerprint density at radius 1 is 0.943 bits per heavy atom. The summed E-state index contributed by atoms with van der Waals surface area (Å²) in [6, 6.07) is 14.7. The van der Waals surface area contributed by atoms with Crippen LogP contribution in [0.25, 0.3) is 0 Å². The zero-order chi connectivity index (χ0) is 25.6. The van der Waals surface area contributed by atoms with Gasteiger partial charge >= 0.3 is 10.1 Å². The number of nitro benzene ring substituents is 1. The van der Waals surface area contributed by atoms with Crippen molar-refractivity contribution in [3.63, 3.8) is 0 Å². The fraction of sp³-hybridized carbons (Fsp3) is 0.136. The number of sulfonamides is 1. The third-order valence-corrected chi connectivity index (χ3v) is 7.01. The maximum Gasteiger partial charge on any atom is 0.339 e. The number of non-ortho nitro benzene ring substituents is 1. The smallest absolute Gasteiger partial charge is 0.339 e. The Labute approximate surface area is 202 Å². The molecule has 0 unspecified atom stereocenters. The van der Waals surface area contributed by atoms with E-state index in [1.165, 1.54) is 36.5 Å². The van der Waals surface area contributed by atoms with E-state index in [9.17, 15) is 26.9 Å². The van der Waals surface area contributed by atoms with Crippen molar-refractivity contribution < 1.29 is 30.7 Å². The number of aryl methyl sites for hydroxylation is 1. The maximum atomic E-state index is 12.6. The monoisotopic (exact) mass is 519 g/mol. The van der Waals surface area contributed by atoms with Crippen molar-refractivity contribution >= 4 is 32.0 Å². The number of hydrogen-bond donors (Lipinski definition) is 1. The third kappa shape index (κ3) is 6.55. The van der Waals surface area contributed by atoms with Gasteiger partial charge in [0.05, 0.1) is 22.6 Å². The number of benzene rings is 3. The summed E-state index contributed by atoms with van der Waals surface area (Å²) >= 11 is 0. The van der Waals surface area contributed by atoms with E-state index in [2.05, 4.69) is 9.93 Å². The van der Waals surface area contributed by atoms with Crippen molar-refractivity contribution in [2.45, 2.75) is 23.6 Å². The van der Waals surface area contributed by atoms with Crippen molar-refractivity contribution in [3.8, 4) is 11.5 Å². The summed E-state index contributed by atoms with van der Waals surface area (Å²) in [7, 11) is -8.17. The van der Waals surface area contributed by atoms with Crippen LogP contribution in [0, 0.1) is 17.0 Å². The number of ether oxygens (including phenoxy) is 1. The van der Waals surface area contributed by atoms with Crippen molar-refractivity contribution in [2.75, 3.05) is 6.61 Å². The Balaban J connectivity index is 1.79. The maximum absolute atomic E-state index is 12.6. The molecule has 0 heterocycles. The lowest BCUT2D eigenvalue weighted by molar-refractivity contribution is -0.384. The van der Waals surface area contributed by atoms with Crippen LogP contribution in [0.1, 0.15) is 18.1 Å². The van der Waals surface area contributed by atoms with E-state index >= 15 is 0 Å². The van der Waals surface area contributed by atoms with Crippen LogP contribution in [0.5, 0.6) is 11.5 Å². The normalized spacial score (nSPS) is 11.8. The average Bonchev–Trinajstić information content (AvgIpc) is 2.81. The van der Waals surface area contributed by atoms with Gasteiger partial charge in [-0.05, 0) is 61.9 Å². The molecule has 3 aromatic carbocycles. The van der Waals surface area contributed by atoms with Crippen molar-refractivity contribution in [2.24, 2.45) is 5.10 Å². The van der Waals surface area contributed by atoms with E-state index in [4.69, 9.17) is 8.92 Å². The van der Waals surface area contributed by atoms with E-state index < -0.39 is 25.1 Å². The highest BCUT2D eigenvalue weighted by molar-refractivity contribution is 7.89. The van der Waals surface area contributed by atoms with Gasteiger partial charge in [0.25, 0.3) is 15.7 Å². The summed E-state index contributed by atoms with van der Waals surface area (Å²) in [5, 5.41) is 14.5. The Hall–Kier alpha value is -3.97. The molecule has 0 bridgehead atoms. The minimum atomic E-state index is -4.31. The summed E-state index contributed by atoms with van der Waals surface area (Å²) in [6.07, 6.45) is 1.23. The molecule has 0 aromatic heterocycles. The molecular formula is C22H21N3O8S2. The van der Waals surface area contributed by atoms with Crippen molar-refractivity contribution in [1.82, 2.24) is 4.83 Å². The molecule has 0 atom stereocenters. The van der Waals surface area contributed by atoms with E-state index in [-0.39, 0.29) is 33.6 Å². The molecule has 0 radical (unpaired) electrons. The van der Waals surface area contributed by atoms with Gasteiger partial charge in [-0.25, -0.2) is 4.83 Å². The lowest BCUT2D eigenvalue weighted by Crippen LogP contribution is -2.18. The molecule has 0 spiro atoms. The van der Waals surface area contributed by atoms with Crippen LogP contribution in [0.3, 0.4) is 0 Å². The zero-order valence-electron chi connectivity index (χ0n) is 18.6. The topological polar surface area (TPSA) is 154 Å². The SMILES string of the molecule is CCOc1cc(C=NNS(=O)(=O)c2ccc(C)cc2)ccc1OS(=O)(=O)c1ccc([N+](=O)[O-])cc1. The first-order valence-electron chi connectivity index (χ1n) is 10.1. The second kappa shape index (κ2) is 10.5. The van der Waals surface area contributed by atoms with Crippen LogP contribution < -0.4 is 13.8 Å². The van der Waals surface area contributed by atoms with Crippen LogP contribution in [-0.2, 0) is 20.1 Å². The fourth-order valence-corrected chi connectivity index (χ4v) is 4.51. The largest absolute Gasteiger partial charge is 0.490 e. The van der Waals surface area contributed by atoms with Gasteiger partial charge in [-0.2, -0.15) is 21.9 Å². The van der Waals surface area contributed by atoms with Gasteiger partial charge in [-0.1, -0.05) is 17.7 Å². The van der Waals surface area contributed by atoms with Gasteiger partial charge in [0.2, 0.25) is 0 Å². The molecule has 3 aromatic rings. The molecule has 0 aliphatic heterocycles. The van der Waals surface area contributed by atoms with Crippen LogP contribution >= 0.6 is 0 Å². The minimum absolute atomic E-state index is 0.0513. The quantitative estimate of drug-likeness (QED) is 0.185. The standard InChI is InChI=1S/C22H21N3O8S2/c1-3-32-22-14-17(15-23-24-34(28,29)19-9-4-16(2)5-10-19)6-13-21(22)33-35(30,31)20-11-7-18(8-12-20)25(26)27/h4-15,24H,3H2,1-2H3. The predicted molar refractivity (Wildman–Crippen MR) is 128 cm³/mol. The number of nitro groups is 1. The van der Waals surface area contributed by atoms with Gasteiger partial charge in [0.15, 0.2) is 11.5 Å². The Kier molecular flexibility index (Phi) is 7.71. The fourth-order valence-electron chi connectivity index (χ4n) is 2.78. The van der Waals surface area contributed by atoms with Gasteiger partial charge in [-0.3, -0.25) is 10.1 Å². The zero-order valence-corrected chi connectivity index (χ0v) is 20.2. The Morgan fingerprint density at radius 2 is 1.57 bits per heavy atom. The highest BCUT2D eigenvalue weighted by Gasteiger charge is 2.21. The first-order chi connectivity index (χ1) is 16.5. The molecule has 0 fully saturated rings. The lowest BCUT2D eigenvalue weighted by atomic mass is 10.2. The third-order valence-electron chi connectivity index (χ3n) is 4.52. The summed E-state index contributed by atoms with van der Waals surface area (Å²) in [5.74, 6) is -0.0501. The summed E-state index contributed by atoms with van der Waals surface area (Å²) in [5.41, 5.74) is 1.05. The summed E-state index contributed by atoms with van der Waals surface area (Å²) in [6.45, 7) is 3.71. The molecule has 11 nitrogen and oxygen atoms in total. The van der Waals surface area contributed by atoms with E-state index in [0.29, 0.717) is 5.56 Å². The first-order valence-corrected chi connectivity index (χ1v) is 13.0. The van der Waals surface area contributed by atoms with E-state index in [1.54, 1.807) is 19.1 Å². The molecule has 13 heteroatoms. The van der Waals surface area contributed by atoms with Crippen LogP contribution in [-0.4, -0.2) is 34.6 Å². The van der Waals surface area contributed by atoms with Gasteiger partial charge in [0, 0.05) is 12.1 Å². The molecule has 184 valence electrons. The summed E-state index contributed by atoms with van der Waals surface area (Å²) < 4.78 is 60.5. The molecule has 3 rings (SSSR count). The van der Waals surface area contributed by atoms with Crippen molar-refractivity contribution in [1.29, 1.82) is 0 Å². The second-order valence-corrected chi connectivity index (χ2v) is 10.3. The van der Waals surface area contributed by atoms with Crippen LogP contribution in [0.15, 0.2) is 81.6 Å². The van der Waals surface area contributed by atoms with E-state index in [0.717, 1.165) is 29.8 Å². The summed E-state index contributed by atoms with van der Waals surface area (Å²) in [4.78, 5) is 12.0. The Bertz CT molecular complexity index is 1450. The number of nitrogens with zero attached hydrogens (tertiary/aromatic N) is 2. The molecule has 35 heavy (non-hydrogen) atoms. The minimum Gasteiger partial charge on any atom is -0.490 e. The van der Waals surface area contributed by atoms with Gasteiger partial charge in [0.1, 0.15) is 4.90 Å². The number of nitrogens with one attached hydrogen (secondary N) is 1. The molecule has 1 N–H and O–H groups in total. The average molecular weight is 520 g/mol. The molecule has 0 aliphatic carbocycles. The number of rotatable bonds is 10. The second-order valence-electron chi connectivity index (χ2n) is 7.09. The highest BCUT2D eigenvalue weighted by Crippen LogP contribution is 2.31. The molecule has 0 amide bonds. The molecular weight excluding hydrogens is 498 g/mol. The number of hydrogen-bond acceptors (Lipinski definition) is 9. The van der Waals surface area contributed by atoms with Gasteiger partial charge < -0.3 is 8.92 Å². The molecule has 0 saturated heterocycles. The lowest BCUT2D eigenvalue weighted by Gasteiger charge is -2.12. The molecule has 0 aliphatic rings. The molecule has 0 saturated carbocycles. The van der Waals surface area contributed by atoms with Crippen LogP contribution in [0.4, 0.5) is 5.69 Å². The first kappa shape index (κ1) is 25.6. The predicted octanol–water partition coefficient (Wildman–Crippen LogP) is 3.38. The highest BCUT2D eigenvalue weighted by atomic mass is 32.2. The van der Waals surface area contributed by atoms with Crippen molar-refractivity contribution in [3.05, 3.63) is 88.0 Å².